The number of phenolic OH excluding ortho intramolecular Hbond substituents is 1. The number of imide groups is 1. The molecule has 3 N–H and O–H groups in total. The summed E-state index contributed by atoms with van der Waals surface area (Å²) >= 11 is 0. The highest BCUT2D eigenvalue weighted by molar-refractivity contribution is 5.97. The maximum Gasteiger partial charge on any atom is 0.321 e. The Bertz CT molecular complexity index is 772. The molecule has 0 bridgehead atoms. The molecule has 1 aliphatic heterocycles. The number of anilines is 1. The Labute approximate surface area is 158 Å². The van der Waals surface area contributed by atoms with Gasteiger partial charge in [0.15, 0.2) is 0 Å². The Morgan fingerprint density at radius 1 is 0.963 bits per heavy atom. The van der Waals surface area contributed by atoms with Crippen molar-refractivity contribution in [1.29, 1.82) is 0 Å². The fourth-order valence-electron chi connectivity index (χ4n) is 3.31. The van der Waals surface area contributed by atoms with Crippen LogP contribution in [0.2, 0.25) is 0 Å². The number of nitrogens with zero attached hydrogens (tertiary/aromatic N) is 2. The zero-order valence-corrected chi connectivity index (χ0v) is 15.3. The van der Waals surface area contributed by atoms with Crippen molar-refractivity contribution in [1.82, 2.24) is 15.5 Å². The summed E-state index contributed by atoms with van der Waals surface area (Å²) in [5.41, 5.74) is 1.90. The van der Waals surface area contributed by atoms with Gasteiger partial charge in [0.25, 0.3) is 0 Å². The molecule has 0 saturated carbocycles. The molecular weight excluding hydrogens is 344 g/mol. The summed E-state index contributed by atoms with van der Waals surface area (Å²) in [7, 11) is 1.48. The third kappa shape index (κ3) is 4.57. The molecule has 2 aromatic rings. The van der Waals surface area contributed by atoms with E-state index in [1.807, 2.05) is 42.5 Å². The molecule has 1 heterocycles. The van der Waals surface area contributed by atoms with E-state index >= 15 is 0 Å². The van der Waals surface area contributed by atoms with Gasteiger partial charge in [-0.3, -0.25) is 15.0 Å². The first-order chi connectivity index (χ1) is 13.1. The van der Waals surface area contributed by atoms with E-state index in [-0.39, 0.29) is 11.7 Å². The van der Waals surface area contributed by atoms with Crippen LogP contribution in [0, 0.1) is 0 Å². The minimum absolute atomic E-state index is 0.243. The molecule has 3 amide bonds. The zero-order valence-electron chi connectivity index (χ0n) is 15.3. The van der Waals surface area contributed by atoms with Gasteiger partial charge in [0.2, 0.25) is 5.91 Å². The number of carbonyl (C=O) groups is 2. The standard InChI is InChI=1S/C20H24N4O3/c1-21-20(27)22-19(26)18(15-5-3-2-4-6-15)24-13-11-23(12-14-24)16-7-9-17(25)10-8-16/h2-10,18,25H,11-14H2,1H3,(H2,21,22,26,27). The molecule has 3 rings (SSSR count). The van der Waals surface area contributed by atoms with Crippen LogP contribution in [0.4, 0.5) is 10.5 Å². The molecule has 0 aliphatic carbocycles. The van der Waals surface area contributed by atoms with Gasteiger partial charge >= 0.3 is 6.03 Å². The molecule has 142 valence electrons. The number of hydrogen-bond donors (Lipinski definition) is 3. The number of hydrogen-bond acceptors (Lipinski definition) is 5. The van der Waals surface area contributed by atoms with Gasteiger partial charge in [-0.15, -0.1) is 0 Å². The van der Waals surface area contributed by atoms with Gasteiger partial charge in [-0.05, 0) is 29.8 Å². The number of aromatic hydroxyl groups is 1. The van der Waals surface area contributed by atoms with E-state index in [1.165, 1.54) is 7.05 Å². The molecule has 0 aromatic heterocycles. The minimum Gasteiger partial charge on any atom is -0.508 e. The minimum atomic E-state index is -0.523. The quantitative estimate of drug-likeness (QED) is 0.765. The van der Waals surface area contributed by atoms with Crippen LogP contribution in [0.15, 0.2) is 54.6 Å². The largest absolute Gasteiger partial charge is 0.508 e. The second-order valence-electron chi connectivity index (χ2n) is 6.42. The summed E-state index contributed by atoms with van der Waals surface area (Å²) in [6.45, 7) is 2.87. The van der Waals surface area contributed by atoms with Crippen molar-refractivity contribution in [2.75, 3.05) is 38.1 Å². The van der Waals surface area contributed by atoms with Gasteiger partial charge in [-0.2, -0.15) is 0 Å². The number of carbonyl (C=O) groups excluding carboxylic acids is 2. The lowest BCUT2D eigenvalue weighted by Crippen LogP contribution is -2.52. The number of urea groups is 1. The second kappa shape index (κ2) is 8.55. The normalized spacial score (nSPS) is 15.8. The molecule has 1 fully saturated rings. The van der Waals surface area contributed by atoms with E-state index in [1.54, 1.807) is 12.1 Å². The van der Waals surface area contributed by atoms with Gasteiger partial charge in [-0.1, -0.05) is 30.3 Å². The smallest absolute Gasteiger partial charge is 0.321 e. The third-order valence-electron chi connectivity index (χ3n) is 4.72. The van der Waals surface area contributed by atoms with Crippen LogP contribution in [0.5, 0.6) is 5.75 Å². The molecule has 1 saturated heterocycles. The number of piperazine rings is 1. The number of rotatable bonds is 4. The molecule has 27 heavy (non-hydrogen) atoms. The lowest BCUT2D eigenvalue weighted by Gasteiger charge is -2.39. The zero-order chi connectivity index (χ0) is 19.2. The lowest BCUT2D eigenvalue weighted by molar-refractivity contribution is -0.125. The molecule has 0 radical (unpaired) electrons. The van der Waals surface area contributed by atoms with E-state index in [2.05, 4.69) is 20.4 Å². The fraction of sp³-hybridized carbons (Fsp3) is 0.300. The van der Waals surface area contributed by atoms with Crippen molar-refractivity contribution in [3.05, 3.63) is 60.2 Å². The van der Waals surface area contributed by atoms with Crippen molar-refractivity contribution in [3.63, 3.8) is 0 Å². The van der Waals surface area contributed by atoms with E-state index in [4.69, 9.17) is 0 Å². The van der Waals surface area contributed by atoms with Crippen LogP contribution in [-0.4, -0.2) is 55.2 Å². The Hall–Kier alpha value is -3.06. The van der Waals surface area contributed by atoms with Crippen molar-refractivity contribution >= 4 is 17.6 Å². The van der Waals surface area contributed by atoms with Crippen molar-refractivity contribution < 1.29 is 14.7 Å². The Kier molecular flexibility index (Phi) is 5.93. The Morgan fingerprint density at radius 3 is 2.19 bits per heavy atom. The predicted octanol–water partition coefficient (Wildman–Crippen LogP) is 1.71. The van der Waals surface area contributed by atoms with E-state index in [0.29, 0.717) is 13.1 Å². The SMILES string of the molecule is CNC(=O)NC(=O)C(c1ccccc1)N1CCN(c2ccc(O)cc2)CC1. The number of amides is 3. The first-order valence-electron chi connectivity index (χ1n) is 8.94. The van der Waals surface area contributed by atoms with Crippen LogP contribution in [0.1, 0.15) is 11.6 Å². The first kappa shape index (κ1) is 18.7. The van der Waals surface area contributed by atoms with Gasteiger partial charge in [0, 0.05) is 38.9 Å². The molecule has 2 aromatic carbocycles. The number of benzene rings is 2. The molecule has 1 unspecified atom stereocenters. The van der Waals surface area contributed by atoms with Gasteiger partial charge < -0.3 is 15.3 Å². The highest BCUT2D eigenvalue weighted by Crippen LogP contribution is 2.25. The molecule has 7 heteroatoms. The average Bonchev–Trinajstić information content (AvgIpc) is 2.70. The number of phenols is 1. The molecule has 7 nitrogen and oxygen atoms in total. The topological polar surface area (TPSA) is 84.9 Å². The maximum atomic E-state index is 12.7. The fourth-order valence-corrected chi connectivity index (χ4v) is 3.31. The van der Waals surface area contributed by atoms with Gasteiger partial charge in [0.05, 0.1) is 0 Å². The Morgan fingerprint density at radius 2 is 1.59 bits per heavy atom. The predicted molar refractivity (Wildman–Crippen MR) is 104 cm³/mol. The molecule has 1 aliphatic rings. The second-order valence-corrected chi connectivity index (χ2v) is 6.42. The van der Waals surface area contributed by atoms with E-state index in [0.717, 1.165) is 24.3 Å². The van der Waals surface area contributed by atoms with E-state index < -0.39 is 12.1 Å². The van der Waals surface area contributed by atoms with Crippen LogP contribution in [0.3, 0.4) is 0 Å². The summed E-state index contributed by atoms with van der Waals surface area (Å²) in [6, 6.07) is 15.6. The molecule has 1 atom stereocenters. The van der Waals surface area contributed by atoms with Crippen molar-refractivity contribution in [2.24, 2.45) is 0 Å². The molecule has 0 spiro atoms. The van der Waals surface area contributed by atoms with Crippen LogP contribution < -0.4 is 15.5 Å². The van der Waals surface area contributed by atoms with Gasteiger partial charge in [-0.25, -0.2) is 4.79 Å². The average molecular weight is 368 g/mol. The van der Waals surface area contributed by atoms with Crippen LogP contribution >= 0.6 is 0 Å². The van der Waals surface area contributed by atoms with Gasteiger partial charge in [0.1, 0.15) is 11.8 Å². The monoisotopic (exact) mass is 368 g/mol. The third-order valence-corrected chi connectivity index (χ3v) is 4.72. The summed E-state index contributed by atoms with van der Waals surface area (Å²) in [5.74, 6) is -0.0916. The lowest BCUT2D eigenvalue weighted by atomic mass is 10.0. The van der Waals surface area contributed by atoms with E-state index in [9.17, 15) is 14.7 Å². The van der Waals surface area contributed by atoms with Crippen LogP contribution in [0.25, 0.3) is 0 Å². The first-order valence-corrected chi connectivity index (χ1v) is 8.94. The highest BCUT2D eigenvalue weighted by atomic mass is 16.3. The summed E-state index contributed by atoms with van der Waals surface area (Å²) in [5, 5.41) is 14.3. The van der Waals surface area contributed by atoms with Crippen molar-refractivity contribution in [3.8, 4) is 5.75 Å². The summed E-state index contributed by atoms with van der Waals surface area (Å²) < 4.78 is 0. The highest BCUT2D eigenvalue weighted by Gasteiger charge is 2.31. The summed E-state index contributed by atoms with van der Waals surface area (Å²) in [6.07, 6.45) is 0. The summed E-state index contributed by atoms with van der Waals surface area (Å²) in [4.78, 5) is 28.7. The van der Waals surface area contributed by atoms with Crippen molar-refractivity contribution in [2.45, 2.75) is 6.04 Å². The number of nitrogens with one attached hydrogen (secondary N) is 2. The van der Waals surface area contributed by atoms with Crippen LogP contribution in [-0.2, 0) is 4.79 Å². The maximum absolute atomic E-state index is 12.7. The molecular formula is C20H24N4O3. The Balaban J connectivity index is 1.73.